The highest BCUT2D eigenvalue weighted by atomic mass is 35.5. The fraction of sp³-hybridized carbons (Fsp3) is 0.833. The van der Waals surface area contributed by atoms with Crippen LogP contribution in [-0.2, 0) is 19.1 Å². The number of ether oxygens (including phenoxy) is 2. The summed E-state index contributed by atoms with van der Waals surface area (Å²) in [6, 6.07) is -2.49. The van der Waals surface area contributed by atoms with Gasteiger partial charge in [0, 0.05) is 6.92 Å². The Balaban J connectivity index is 0.00000484. The van der Waals surface area contributed by atoms with E-state index >= 15 is 0 Å². The first-order chi connectivity index (χ1) is 10.2. The number of carboxylic acid groups (broad SMARTS) is 1. The van der Waals surface area contributed by atoms with Crippen LogP contribution in [-0.4, -0.2) is 81.7 Å². The minimum atomic E-state index is -1.46. The number of aliphatic hydroxyl groups excluding tert-OH is 3. The predicted octanol–water partition coefficient (Wildman–Crippen LogP) is -2.83. The number of amides is 1. The number of carbonyl (C=O) groups excluding carboxylic acids is 1. The zero-order valence-electron chi connectivity index (χ0n) is 12.7. The molecule has 23 heavy (non-hydrogen) atoms. The van der Waals surface area contributed by atoms with Crippen molar-refractivity contribution in [3.05, 3.63) is 0 Å². The third kappa shape index (κ3) is 5.53. The molecule has 10 nitrogen and oxygen atoms in total. The Hall–Kier alpha value is -1.01. The monoisotopic (exact) mass is 358 g/mol. The average molecular weight is 359 g/mol. The third-order valence-electron chi connectivity index (χ3n) is 3.39. The van der Waals surface area contributed by atoms with Crippen LogP contribution in [0, 0.1) is 0 Å². The summed E-state index contributed by atoms with van der Waals surface area (Å²) < 4.78 is 10.6. The Morgan fingerprint density at radius 2 is 1.91 bits per heavy atom. The van der Waals surface area contributed by atoms with Crippen molar-refractivity contribution in [1.29, 1.82) is 0 Å². The number of aliphatic hydroxyl groups is 3. The summed E-state index contributed by atoms with van der Waals surface area (Å²) in [6.07, 6.45) is -6.32. The lowest BCUT2D eigenvalue weighted by Gasteiger charge is -2.43. The highest BCUT2D eigenvalue weighted by molar-refractivity contribution is 5.85. The van der Waals surface area contributed by atoms with Crippen LogP contribution in [0.3, 0.4) is 0 Å². The summed E-state index contributed by atoms with van der Waals surface area (Å²) in [5.41, 5.74) is 5.42. The van der Waals surface area contributed by atoms with Gasteiger partial charge in [-0.05, 0) is 6.92 Å². The van der Waals surface area contributed by atoms with Gasteiger partial charge in [0.25, 0.3) is 0 Å². The fourth-order valence-corrected chi connectivity index (χ4v) is 2.08. The van der Waals surface area contributed by atoms with Crippen LogP contribution in [0.2, 0.25) is 0 Å². The maximum absolute atomic E-state index is 11.2. The van der Waals surface area contributed by atoms with Gasteiger partial charge < -0.3 is 41.0 Å². The quantitative estimate of drug-likeness (QED) is 0.292. The van der Waals surface area contributed by atoms with Crippen molar-refractivity contribution in [1.82, 2.24) is 5.32 Å². The normalized spacial score (nSPS) is 33.2. The second-order valence-corrected chi connectivity index (χ2v) is 5.14. The van der Waals surface area contributed by atoms with Crippen LogP contribution in [0.5, 0.6) is 0 Å². The number of carbonyl (C=O) groups is 2. The molecule has 0 spiro atoms. The molecule has 0 unspecified atom stereocenters. The summed E-state index contributed by atoms with van der Waals surface area (Å²) in [7, 11) is 0. The van der Waals surface area contributed by atoms with Gasteiger partial charge in [-0.25, -0.2) is 0 Å². The average Bonchev–Trinajstić information content (AvgIpc) is 2.45. The summed E-state index contributed by atoms with van der Waals surface area (Å²) in [6.45, 7) is 1.99. The highest BCUT2D eigenvalue weighted by Gasteiger charge is 2.46. The Morgan fingerprint density at radius 1 is 1.35 bits per heavy atom. The Labute approximate surface area is 139 Å². The second-order valence-electron chi connectivity index (χ2n) is 5.14. The molecular formula is C12H23ClN2O8. The van der Waals surface area contributed by atoms with Gasteiger partial charge in [-0.2, -0.15) is 0 Å². The highest BCUT2D eigenvalue weighted by Crippen LogP contribution is 2.23. The smallest absolute Gasteiger partial charge is 0.323 e. The van der Waals surface area contributed by atoms with Crippen LogP contribution < -0.4 is 11.1 Å². The van der Waals surface area contributed by atoms with E-state index < -0.39 is 61.3 Å². The number of rotatable bonds is 6. The standard InChI is InChI=1S/C12H22N2O8.ClH/c1-4(7(13)11(19)20)21-12-8(14-5(2)16)10(18)9(17)6(3-15)22-12;/h4,6-10,12,15,17-18H,3,13H2,1-2H3,(H,14,16)(H,19,20);1H/t4-,6-,7+,8-,9+,10-,12+;/m1./s1. The van der Waals surface area contributed by atoms with Crippen molar-refractivity contribution < 1.29 is 39.5 Å². The maximum atomic E-state index is 11.2. The van der Waals surface area contributed by atoms with E-state index in [1.54, 1.807) is 0 Å². The first-order valence-electron chi connectivity index (χ1n) is 6.72. The summed E-state index contributed by atoms with van der Waals surface area (Å²) >= 11 is 0. The minimum Gasteiger partial charge on any atom is -0.480 e. The van der Waals surface area contributed by atoms with Gasteiger partial charge in [0.1, 0.15) is 30.4 Å². The molecule has 7 atom stereocenters. The van der Waals surface area contributed by atoms with E-state index in [1.807, 2.05) is 0 Å². The van der Waals surface area contributed by atoms with Gasteiger partial charge in [-0.3, -0.25) is 9.59 Å². The molecule has 136 valence electrons. The molecule has 1 aliphatic heterocycles. The molecule has 1 amide bonds. The molecule has 11 heteroatoms. The molecule has 1 rings (SSSR count). The minimum absolute atomic E-state index is 0. The fourth-order valence-electron chi connectivity index (χ4n) is 2.08. The van der Waals surface area contributed by atoms with Crippen LogP contribution in [0.15, 0.2) is 0 Å². The van der Waals surface area contributed by atoms with E-state index in [-0.39, 0.29) is 12.4 Å². The Morgan fingerprint density at radius 3 is 2.35 bits per heavy atom. The number of halogens is 1. The molecule has 0 aromatic heterocycles. The van der Waals surface area contributed by atoms with E-state index in [9.17, 15) is 19.8 Å². The molecule has 0 aromatic rings. The van der Waals surface area contributed by atoms with Gasteiger partial charge in [-0.1, -0.05) is 0 Å². The van der Waals surface area contributed by atoms with Crippen molar-refractivity contribution in [2.45, 2.75) is 56.6 Å². The van der Waals surface area contributed by atoms with Crippen molar-refractivity contribution in [2.24, 2.45) is 5.73 Å². The van der Waals surface area contributed by atoms with Gasteiger partial charge in [0.05, 0.1) is 12.7 Å². The number of nitrogens with two attached hydrogens (primary N) is 1. The van der Waals surface area contributed by atoms with E-state index in [0.29, 0.717) is 0 Å². The summed E-state index contributed by atoms with van der Waals surface area (Å²) in [5, 5.41) is 40.2. The van der Waals surface area contributed by atoms with Crippen LogP contribution in [0.1, 0.15) is 13.8 Å². The lowest BCUT2D eigenvalue weighted by Crippen LogP contribution is -2.65. The van der Waals surface area contributed by atoms with E-state index in [2.05, 4.69) is 5.32 Å². The maximum Gasteiger partial charge on any atom is 0.323 e. The lowest BCUT2D eigenvalue weighted by molar-refractivity contribution is -0.281. The lowest BCUT2D eigenvalue weighted by atomic mass is 9.97. The molecule has 1 aliphatic rings. The molecule has 7 N–H and O–H groups in total. The summed E-state index contributed by atoms with van der Waals surface area (Å²) in [5.74, 6) is -1.80. The zero-order valence-corrected chi connectivity index (χ0v) is 13.5. The van der Waals surface area contributed by atoms with Gasteiger partial charge in [0.15, 0.2) is 6.29 Å². The molecule has 1 heterocycles. The first kappa shape index (κ1) is 22.0. The van der Waals surface area contributed by atoms with Crippen LogP contribution in [0.4, 0.5) is 0 Å². The molecular weight excluding hydrogens is 336 g/mol. The number of hydrogen-bond acceptors (Lipinski definition) is 8. The van der Waals surface area contributed by atoms with Gasteiger partial charge in [-0.15, -0.1) is 12.4 Å². The van der Waals surface area contributed by atoms with E-state index in [0.717, 1.165) is 0 Å². The van der Waals surface area contributed by atoms with Crippen molar-refractivity contribution in [3.63, 3.8) is 0 Å². The van der Waals surface area contributed by atoms with Crippen molar-refractivity contribution >= 4 is 24.3 Å². The third-order valence-corrected chi connectivity index (χ3v) is 3.39. The molecule has 1 saturated heterocycles. The van der Waals surface area contributed by atoms with E-state index in [4.69, 9.17) is 25.4 Å². The first-order valence-corrected chi connectivity index (χ1v) is 6.72. The Kier molecular flexibility index (Phi) is 8.92. The molecule has 0 radical (unpaired) electrons. The number of aliphatic carboxylic acids is 1. The van der Waals surface area contributed by atoms with Crippen molar-refractivity contribution in [2.75, 3.05) is 6.61 Å². The largest absolute Gasteiger partial charge is 0.480 e. The van der Waals surface area contributed by atoms with Crippen molar-refractivity contribution in [3.8, 4) is 0 Å². The van der Waals surface area contributed by atoms with Crippen LogP contribution in [0.25, 0.3) is 0 Å². The zero-order chi connectivity index (χ0) is 17.0. The SMILES string of the molecule is CC(=O)N[C@H]1[C@@H](O[C@H](C)[C@H](N)C(=O)O)O[C@H](CO)[C@H](O)[C@@H]1O.Cl. The van der Waals surface area contributed by atoms with E-state index in [1.165, 1.54) is 13.8 Å². The number of hydrogen-bond donors (Lipinski definition) is 6. The molecule has 0 aromatic carbocycles. The van der Waals surface area contributed by atoms with Crippen LogP contribution >= 0.6 is 12.4 Å². The topological polar surface area (TPSA) is 172 Å². The number of carboxylic acids is 1. The van der Waals surface area contributed by atoms with Gasteiger partial charge in [0.2, 0.25) is 5.91 Å². The van der Waals surface area contributed by atoms with Gasteiger partial charge >= 0.3 is 5.97 Å². The molecule has 0 saturated carbocycles. The number of nitrogens with one attached hydrogen (secondary N) is 1. The molecule has 0 bridgehead atoms. The molecule has 1 fully saturated rings. The Bertz CT molecular complexity index is 413. The predicted molar refractivity (Wildman–Crippen MR) is 78.8 cm³/mol. The summed E-state index contributed by atoms with van der Waals surface area (Å²) in [4.78, 5) is 22.0. The molecule has 0 aliphatic carbocycles. The second kappa shape index (κ2) is 9.33.